The zero-order valence-electron chi connectivity index (χ0n) is 11.7. The van der Waals surface area contributed by atoms with Gasteiger partial charge in [0.05, 0.1) is 5.60 Å². The van der Waals surface area contributed by atoms with Crippen LogP contribution in [0.15, 0.2) is 18.2 Å². The molecule has 2 nitrogen and oxygen atoms in total. The molecule has 0 aliphatic heterocycles. The molecule has 0 atom stereocenters. The van der Waals surface area contributed by atoms with E-state index in [1.54, 1.807) is 0 Å². The van der Waals surface area contributed by atoms with E-state index in [-0.39, 0.29) is 6.15 Å². The predicted octanol–water partition coefficient (Wildman–Crippen LogP) is 3.98. The molecule has 1 aromatic carbocycles. The van der Waals surface area contributed by atoms with Crippen molar-refractivity contribution in [3.63, 3.8) is 0 Å². The van der Waals surface area contributed by atoms with Crippen LogP contribution < -0.4 is 6.15 Å². The summed E-state index contributed by atoms with van der Waals surface area (Å²) in [6.45, 7) is 8.46. The normalized spacial score (nSPS) is 11.1. The second-order valence-electron chi connectivity index (χ2n) is 4.39. The molecular weight excluding hydrogens is 210 g/mol. The first-order valence-electron chi connectivity index (χ1n) is 6.46. The second-order valence-corrected chi connectivity index (χ2v) is 4.39. The molecule has 0 amide bonds. The fourth-order valence-electron chi connectivity index (χ4n) is 2.45. The number of benzene rings is 1. The number of rotatable bonds is 5. The van der Waals surface area contributed by atoms with Gasteiger partial charge in [-0.3, -0.25) is 0 Å². The van der Waals surface area contributed by atoms with Crippen molar-refractivity contribution < 1.29 is 5.11 Å². The largest absolute Gasteiger partial charge is 0.385 e. The lowest BCUT2D eigenvalue weighted by Gasteiger charge is -2.29. The Balaban J connectivity index is 0.00000256. The van der Waals surface area contributed by atoms with Gasteiger partial charge in [-0.25, -0.2) is 0 Å². The zero-order valence-corrected chi connectivity index (χ0v) is 11.7. The minimum Gasteiger partial charge on any atom is -0.385 e. The number of hydrogen-bond donors (Lipinski definition) is 2. The van der Waals surface area contributed by atoms with Crippen LogP contribution >= 0.6 is 0 Å². The van der Waals surface area contributed by atoms with Crippen LogP contribution in [0.1, 0.15) is 57.2 Å². The Hall–Kier alpha value is -0.860. The maximum atomic E-state index is 10.6. The van der Waals surface area contributed by atoms with Crippen LogP contribution in [-0.2, 0) is 18.4 Å². The first kappa shape index (κ1) is 16.1. The molecule has 0 aliphatic carbocycles. The minimum absolute atomic E-state index is 0. The van der Waals surface area contributed by atoms with Gasteiger partial charge in [0.25, 0.3) is 0 Å². The monoisotopic (exact) mass is 237 g/mol. The van der Waals surface area contributed by atoms with Gasteiger partial charge in [-0.1, -0.05) is 45.9 Å². The van der Waals surface area contributed by atoms with Crippen LogP contribution in [0.5, 0.6) is 0 Å². The average molecular weight is 237 g/mol. The van der Waals surface area contributed by atoms with E-state index in [4.69, 9.17) is 0 Å². The third-order valence-electron chi connectivity index (χ3n) is 3.68. The highest BCUT2D eigenvalue weighted by Crippen LogP contribution is 2.32. The Morgan fingerprint density at radius 3 is 2.00 bits per heavy atom. The molecule has 0 heterocycles. The van der Waals surface area contributed by atoms with Gasteiger partial charge in [-0.15, -0.1) is 0 Å². The van der Waals surface area contributed by atoms with Crippen LogP contribution in [-0.4, -0.2) is 5.11 Å². The van der Waals surface area contributed by atoms with Crippen molar-refractivity contribution in [2.75, 3.05) is 0 Å². The number of aryl methyl sites for hydroxylation is 1. The Kier molecular flexibility index (Phi) is 6.43. The second kappa shape index (κ2) is 6.77. The summed E-state index contributed by atoms with van der Waals surface area (Å²) in [5, 5.41) is 10.6. The third-order valence-corrected chi connectivity index (χ3v) is 3.68. The predicted molar refractivity (Wildman–Crippen MR) is 74.7 cm³/mol. The van der Waals surface area contributed by atoms with Crippen LogP contribution in [0.25, 0.3) is 0 Å². The van der Waals surface area contributed by atoms with Gasteiger partial charge in [-0.05, 0) is 42.4 Å². The van der Waals surface area contributed by atoms with E-state index < -0.39 is 5.60 Å². The molecule has 0 bridgehead atoms. The first-order chi connectivity index (χ1) is 7.62. The topological polar surface area (TPSA) is 55.2 Å². The molecular formula is C15H27NO. The fourth-order valence-corrected chi connectivity index (χ4v) is 2.45. The quantitative estimate of drug-likeness (QED) is 0.813. The number of hydrogen-bond acceptors (Lipinski definition) is 2. The van der Waals surface area contributed by atoms with Crippen molar-refractivity contribution in [1.29, 1.82) is 0 Å². The summed E-state index contributed by atoms with van der Waals surface area (Å²) in [7, 11) is 0. The van der Waals surface area contributed by atoms with E-state index in [1.165, 1.54) is 11.1 Å². The molecule has 2 heteroatoms. The van der Waals surface area contributed by atoms with Gasteiger partial charge < -0.3 is 11.3 Å². The fraction of sp³-hybridized carbons (Fsp3) is 0.600. The summed E-state index contributed by atoms with van der Waals surface area (Å²) < 4.78 is 0. The Bertz CT molecular complexity index is 343. The summed E-state index contributed by atoms with van der Waals surface area (Å²) in [6.07, 6.45) is 3.61. The maximum Gasteiger partial charge on any atom is 0.0894 e. The standard InChI is InChI=1S/C15H24O.H3N/c1-5-12-10-9-11-14(13(12)6-2)15(16,7-3)8-4;/h9-11,16H,5-8H2,1-4H3;1H3. The van der Waals surface area contributed by atoms with E-state index in [9.17, 15) is 5.11 Å². The van der Waals surface area contributed by atoms with E-state index in [1.807, 2.05) is 0 Å². The van der Waals surface area contributed by atoms with Crippen LogP contribution in [0, 0.1) is 0 Å². The highest BCUT2D eigenvalue weighted by Gasteiger charge is 2.27. The summed E-state index contributed by atoms with van der Waals surface area (Å²) >= 11 is 0. The summed E-state index contributed by atoms with van der Waals surface area (Å²) in [4.78, 5) is 0. The van der Waals surface area contributed by atoms with Crippen molar-refractivity contribution in [2.45, 2.75) is 59.0 Å². The van der Waals surface area contributed by atoms with Crippen molar-refractivity contribution in [3.8, 4) is 0 Å². The first-order valence-corrected chi connectivity index (χ1v) is 6.46. The lowest BCUT2D eigenvalue weighted by atomic mass is 9.82. The van der Waals surface area contributed by atoms with E-state index in [2.05, 4.69) is 45.9 Å². The Labute approximate surface area is 106 Å². The smallest absolute Gasteiger partial charge is 0.0894 e. The summed E-state index contributed by atoms with van der Waals surface area (Å²) in [5.41, 5.74) is 3.21. The van der Waals surface area contributed by atoms with E-state index in [0.717, 1.165) is 31.2 Å². The van der Waals surface area contributed by atoms with Crippen molar-refractivity contribution in [2.24, 2.45) is 0 Å². The van der Waals surface area contributed by atoms with Gasteiger partial charge in [-0.2, -0.15) is 0 Å². The zero-order chi connectivity index (χ0) is 12.2. The molecule has 98 valence electrons. The van der Waals surface area contributed by atoms with E-state index >= 15 is 0 Å². The molecule has 0 spiro atoms. The number of aliphatic hydroxyl groups is 1. The molecule has 4 N–H and O–H groups in total. The Morgan fingerprint density at radius 2 is 1.59 bits per heavy atom. The molecule has 1 aromatic rings. The third kappa shape index (κ3) is 3.08. The summed E-state index contributed by atoms with van der Waals surface area (Å²) in [5.74, 6) is 0. The molecule has 0 saturated heterocycles. The SMILES string of the molecule is CCc1cccc(C(O)(CC)CC)c1CC.N. The maximum absolute atomic E-state index is 10.6. The van der Waals surface area contributed by atoms with Crippen LogP contribution in [0.2, 0.25) is 0 Å². The summed E-state index contributed by atoms with van der Waals surface area (Å²) in [6, 6.07) is 6.34. The van der Waals surface area contributed by atoms with Crippen molar-refractivity contribution in [1.82, 2.24) is 6.15 Å². The molecule has 1 rings (SSSR count). The average Bonchev–Trinajstić information content (AvgIpc) is 2.36. The van der Waals surface area contributed by atoms with Crippen molar-refractivity contribution >= 4 is 0 Å². The molecule has 0 aromatic heterocycles. The minimum atomic E-state index is -0.642. The highest BCUT2D eigenvalue weighted by molar-refractivity contribution is 5.39. The molecule has 0 aliphatic rings. The van der Waals surface area contributed by atoms with Gasteiger partial charge in [0, 0.05) is 0 Å². The lowest BCUT2D eigenvalue weighted by molar-refractivity contribution is 0.0275. The van der Waals surface area contributed by atoms with Crippen molar-refractivity contribution in [3.05, 3.63) is 34.9 Å². The highest BCUT2D eigenvalue weighted by atomic mass is 16.3. The van der Waals surface area contributed by atoms with Gasteiger partial charge in [0.1, 0.15) is 0 Å². The van der Waals surface area contributed by atoms with E-state index in [0.29, 0.717) is 0 Å². The molecule has 0 saturated carbocycles. The molecule has 0 radical (unpaired) electrons. The van der Waals surface area contributed by atoms with Gasteiger partial charge in [0.15, 0.2) is 0 Å². The van der Waals surface area contributed by atoms with Gasteiger partial charge in [0.2, 0.25) is 0 Å². The Morgan fingerprint density at radius 1 is 1.00 bits per heavy atom. The van der Waals surface area contributed by atoms with Crippen LogP contribution in [0.3, 0.4) is 0 Å². The van der Waals surface area contributed by atoms with Gasteiger partial charge >= 0.3 is 0 Å². The van der Waals surface area contributed by atoms with Crippen LogP contribution in [0.4, 0.5) is 0 Å². The molecule has 0 fully saturated rings. The lowest BCUT2D eigenvalue weighted by Crippen LogP contribution is -2.25. The molecule has 0 unspecified atom stereocenters. The molecule has 17 heavy (non-hydrogen) atoms.